The van der Waals surface area contributed by atoms with Crippen molar-refractivity contribution >= 4 is 16.0 Å². The molecule has 1 atom stereocenters. The molecule has 0 radical (unpaired) electrons. The fourth-order valence-electron chi connectivity index (χ4n) is 1.70. The lowest BCUT2D eigenvalue weighted by Gasteiger charge is -2.19. The summed E-state index contributed by atoms with van der Waals surface area (Å²) in [6, 6.07) is 4.96. The van der Waals surface area contributed by atoms with Crippen LogP contribution in [0.25, 0.3) is 0 Å². The van der Waals surface area contributed by atoms with Crippen molar-refractivity contribution in [2.24, 2.45) is 0 Å². The van der Waals surface area contributed by atoms with Crippen LogP contribution in [0.4, 0.5) is 8.78 Å². The van der Waals surface area contributed by atoms with Gasteiger partial charge in [0, 0.05) is 6.42 Å². The van der Waals surface area contributed by atoms with Crippen LogP contribution in [0.15, 0.2) is 29.2 Å². The zero-order valence-electron chi connectivity index (χ0n) is 11.8. The molecule has 1 aliphatic carbocycles. The molecule has 1 aromatic rings. The van der Waals surface area contributed by atoms with Crippen molar-refractivity contribution in [3.63, 3.8) is 0 Å². The molecule has 0 bridgehead atoms. The molecule has 1 aromatic carbocycles. The van der Waals surface area contributed by atoms with E-state index in [9.17, 15) is 22.0 Å². The van der Waals surface area contributed by atoms with Gasteiger partial charge in [-0.2, -0.15) is 0 Å². The molecule has 6 nitrogen and oxygen atoms in total. The molecule has 0 aromatic heterocycles. The minimum atomic E-state index is -4.10. The largest absolute Gasteiger partial charge is 0.479 e. The Morgan fingerprint density at radius 3 is 2.27 bits per heavy atom. The van der Waals surface area contributed by atoms with Crippen LogP contribution in [0.2, 0.25) is 0 Å². The Labute approximate surface area is 126 Å². The zero-order chi connectivity index (χ0) is 16.8. The SMILES string of the molecule is CC(C)(ONS(=O)(=O)c1ccc(C2CC2(F)F)cc1)C(=O)O. The van der Waals surface area contributed by atoms with E-state index in [4.69, 9.17) is 5.11 Å². The summed E-state index contributed by atoms with van der Waals surface area (Å²) >= 11 is 0. The molecule has 0 spiro atoms. The summed E-state index contributed by atoms with van der Waals surface area (Å²) in [7, 11) is -4.10. The number of sulfonamides is 1. The number of carboxylic acid groups (broad SMARTS) is 1. The Morgan fingerprint density at radius 1 is 1.36 bits per heavy atom. The number of benzene rings is 1. The molecule has 0 amide bonds. The van der Waals surface area contributed by atoms with E-state index in [1.165, 1.54) is 38.1 Å². The van der Waals surface area contributed by atoms with E-state index in [2.05, 4.69) is 4.84 Å². The quantitative estimate of drug-likeness (QED) is 0.775. The Balaban J connectivity index is 2.09. The number of alkyl halides is 2. The van der Waals surface area contributed by atoms with Gasteiger partial charge in [0.25, 0.3) is 15.9 Å². The number of nitrogens with one attached hydrogen (secondary N) is 1. The second kappa shape index (κ2) is 5.25. The van der Waals surface area contributed by atoms with Crippen molar-refractivity contribution in [3.05, 3.63) is 29.8 Å². The molecule has 2 N–H and O–H groups in total. The summed E-state index contributed by atoms with van der Waals surface area (Å²) in [6.07, 6.45) is -0.243. The third-order valence-electron chi connectivity index (χ3n) is 3.34. The number of hydrogen-bond acceptors (Lipinski definition) is 4. The van der Waals surface area contributed by atoms with Gasteiger partial charge in [-0.1, -0.05) is 17.0 Å². The van der Waals surface area contributed by atoms with Gasteiger partial charge in [0.1, 0.15) is 0 Å². The third kappa shape index (κ3) is 3.42. The van der Waals surface area contributed by atoms with Gasteiger partial charge in [0.15, 0.2) is 5.60 Å². The Bertz CT molecular complexity index is 685. The molecular formula is C13H15F2NO5S. The Kier molecular flexibility index (Phi) is 4.01. The summed E-state index contributed by atoms with van der Waals surface area (Å²) in [5.74, 6) is -4.95. The predicted molar refractivity (Wildman–Crippen MR) is 71.9 cm³/mol. The van der Waals surface area contributed by atoms with E-state index >= 15 is 0 Å². The van der Waals surface area contributed by atoms with Crippen LogP contribution in [0, 0.1) is 0 Å². The number of aliphatic carboxylic acids is 1. The van der Waals surface area contributed by atoms with Gasteiger partial charge in [-0.15, -0.1) is 0 Å². The Morgan fingerprint density at radius 2 is 1.86 bits per heavy atom. The average Bonchev–Trinajstić information content (AvgIpc) is 3.06. The van der Waals surface area contributed by atoms with Gasteiger partial charge < -0.3 is 5.11 Å². The molecule has 22 heavy (non-hydrogen) atoms. The highest BCUT2D eigenvalue weighted by atomic mass is 32.2. The van der Waals surface area contributed by atoms with Gasteiger partial charge in [-0.05, 0) is 31.5 Å². The zero-order valence-corrected chi connectivity index (χ0v) is 12.7. The predicted octanol–water partition coefficient (Wildman–Crippen LogP) is 1.88. The first kappa shape index (κ1) is 16.8. The Hall–Kier alpha value is -1.58. The standard InChI is InChI=1S/C13H15F2NO5S/c1-12(2,11(17)18)21-16-22(19,20)9-5-3-8(4-6-9)10-7-13(10,14)15/h3-6,10,16H,7H2,1-2H3,(H,17,18). The molecule has 9 heteroatoms. The van der Waals surface area contributed by atoms with Crippen molar-refractivity contribution in [2.45, 2.75) is 42.6 Å². The van der Waals surface area contributed by atoms with Crippen LogP contribution in [-0.4, -0.2) is 31.0 Å². The normalized spacial score (nSPS) is 20.6. The highest BCUT2D eigenvalue weighted by Gasteiger charge is 2.57. The van der Waals surface area contributed by atoms with E-state index in [-0.39, 0.29) is 11.3 Å². The second-order valence-electron chi connectivity index (χ2n) is 5.59. The van der Waals surface area contributed by atoms with Crippen LogP contribution in [0.3, 0.4) is 0 Å². The van der Waals surface area contributed by atoms with Crippen LogP contribution in [-0.2, 0) is 19.7 Å². The summed E-state index contributed by atoms with van der Waals surface area (Å²) in [5.41, 5.74) is -1.39. The van der Waals surface area contributed by atoms with Crippen molar-refractivity contribution < 1.29 is 31.9 Å². The minimum absolute atomic E-state index is 0.207. The fraction of sp³-hybridized carbons (Fsp3) is 0.462. The molecule has 1 unspecified atom stereocenters. The van der Waals surface area contributed by atoms with E-state index in [0.29, 0.717) is 5.56 Å². The first-order valence-corrected chi connectivity index (χ1v) is 7.85. The number of carbonyl (C=O) groups is 1. The van der Waals surface area contributed by atoms with Crippen LogP contribution in [0.5, 0.6) is 0 Å². The molecule has 0 aliphatic heterocycles. The minimum Gasteiger partial charge on any atom is -0.479 e. The topological polar surface area (TPSA) is 92.7 Å². The summed E-state index contributed by atoms with van der Waals surface area (Å²) < 4.78 is 49.8. The second-order valence-corrected chi connectivity index (χ2v) is 7.24. The van der Waals surface area contributed by atoms with Gasteiger partial charge in [-0.25, -0.2) is 22.0 Å². The first-order valence-electron chi connectivity index (χ1n) is 6.37. The molecule has 0 saturated heterocycles. The molecule has 1 aliphatic rings. The maximum atomic E-state index is 12.9. The molecule has 2 rings (SSSR count). The highest BCUT2D eigenvalue weighted by molar-refractivity contribution is 7.89. The molecule has 122 valence electrons. The van der Waals surface area contributed by atoms with E-state index in [1.807, 2.05) is 0 Å². The molecule has 0 heterocycles. The summed E-state index contributed by atoms with van der Waals surface area (Å²) in [4.78, 5) is 17.0. The number of halogens is 2. The van der Waals surface area contributed by atoms with Crippen molar-refractivity contribution in [1.82, 2.24) is 4.89 Å². The van der Waals surface area contributed by atoms with Gasteiger partial charge >= 0.3 is 5.97 Å². The lowest BCUT2D eigenvalue weighted by molar-refractivity contribution is -0.165. The number of carboxylic acids is 1. The van der Waals surface area contributed by atoms with Crippen LogP contribution in [0.1, 0.15) is 31.7 Å². The molecular weight excluding hydrogens is 320 g/mol. The van der Waals surface area contributed by atoms with E-state index in [1.54, 1.807) is 4.89 Å². The van der Waals surface area contributed by atoms with Crippen LogP contribution >= 0.6 is 0 Å². The smallest absolute Gasteiger partial charge is 0.337 e. The summed E-state index contributed by atoms with van der Waals surface area (Å²) in [5, 5.41) is 8.83. The highest BCUT2D eigenvalue weighted by Crippen LogP contribution is 2.55. The maximum Gasteiger partial charge on any atom is 0.337 e. The van der Waals surface area contributed by atoms with Gasteiger partial charge in [-0.3, -0.25) is 4.84 Å². The van der Waals surface area contributed by atoms with Gasteiger partial charge in [0.2, 0.25) is 0 Å². The molecule has 1 fully saturated rings. The van der Waals surface area contributed by atoms with Crippen molar-refractivity contribution in [1.29, 1.82) is 0 Å². The van der Waals surface area contributed by atoms with Crippen LogP contribution < -0.4 is 4.89 Å². The summed E-state index contributed by atoms with van der Waals surface area (Å²) in [6.45, 7) is 2.35. The van der Waals surface area contributed by atoms with Crippen molar-refractivity contribution in [2.75, 3.05) is 0 Å². The van der Waals surface area contributed by atoms with E-state index < -0.39 is 33.4 Å². The van der Waals surface area contributed by atoms with E-state index in [0.717, 1.165) is 0 Å². The monoisotopic (exact) mass is 335 g/mol. The van der Waals surface area contributed by atoms with Gasteiger partial charge in [0.05, 0.1) is 10.8 Å². The lowest BCUT2D eigenvalue weighted by Crippen LogP contribution is -2.41. The number of hydrogen-bond donors (Lipinski definition) is 2. The maximum absolute atomic E-state index is 12.9. The first-order chi connectivity index (χ1) is 9.96. The average molecular weight is 335 g/mol. The lowest BCUT2D eigenvalue weighted by atomic mass is 10.1. The fourth-order valence-corrected chi connectivity index (χ4v) is 2.61. The van der Waals surface area contributed by atoms with Crippen molar-refractivity contribution in [3.8, 4) is 0 Å². The number of rotatable bonds is 6. The molecule has 1 saturated carbocycles. The third-order valence-corrected chi connectivity index (χ3v) is 4.54.